The number of anilines is 6. The van der Waals surface area contributed by atoms with Crippen LogP contribution in [0, 0.1) is 0 Å². The van der Waals surface area contributed by atoms with Crippen LogP contribution < -0.4 is 80.4 Å². The minimum absolute atomic E-state index is 0. The predicted octanol–water partition coefficient (Wildman–Crippen LogP) is -5.66. The Labute approximate surface area is 307 Å². The Balaban J connectivity index is 0.00000368. The van der Waals surface area contributed by atoms with E-state index in [9.17, 15) is 25.9 Å². The number of rotatable bonds is 14. The zero-order valence-corrected chi connectivity index (χ0v) is 30.1. The number of nitrogens with zero attached hydrogens (tertiary/aromatic N) is 6. The number of aromatic nitrogens is 6. The number of benzene rings is 2. The van der Waals surface area contributed by atoms with Gasteiger partial charge in [-0.3, -0.25) is 0 Å². The van der Waals surface area contributed by atoms with Crippen LogP contribution in [-0.4, -0.2) is 92.4 Å². The molecule has 6 N–H and O–H groups in total. The molecule has 2 aromatic carbocycles. The summed E-state index contributed by atoms with van der Waals surface area (Å²) in [5.74, 6) is 0.330. The van der Waals surface area contributed by atoms with Crippen molar-refractivity contribution in [1.29, 1.82) is 0 Å². The van der Waals surface area contributed by atoms with E-state index in [1.54, 1.807) is 0 Å². The van der Waals surface area contributed by atoms with E-state index in [1.165, 1.54) is 49.1 Å². The number of hydrogen-bond acceptors (Lipinski definition) is 18. The minimum Gasteiger partial charge on any atom is -0.744 e. The third-order valence-electron chi connectivity index (χ3n) is 5.45. The largest absolute Gasteiger partial charge is 1.00 e. The number of nitrogens with one attached hydrogen (secondary N) is 4. The summed E-state index contributed by atoms with van der Waals surface area (Å²) in [4.78, 5) is 22.5. The summed E-state index contributed by atoms with van der Waals surface area (Å²) < 4.78 is 72.5. The van der Waals surface area contributed by atoms with Gasteiger partial charge in [-0.2, -0.15) is 9.97 Å². The summed E-state index contributed by atoms with van der Waals surface area (Å²) in [6.07, 6.45) is 4.71. The maximum Gasteiger partial charge on any atom is 1.00 e. The Hall–Kier alpha value is -2.86. The van der Waals surface area contributed by atoms with Crippen LogP contribution >= 0.6 is 0 Å². The number of aliphatic hydroxyl groups excluding tert-OH is 2. The Bertz CT molecular complexity index is 1750. The molecule has 18 nitrogen and oxygen atoms in total. The van der Waals surface area contributed by atoms with Gasteiger partial charge in [-0.1, -0.05) is 24.3 Å². The Morgan fingerprint density at radius 1 is 0.630 bits per heavy atom. The molecule has 0 radical (unpaired) electrons. The average molecular weight is 691 g/mol. The van der Waals surface area contributed by atoms with Crippen molar-refractivity contribution in [2.75, 3.05) is 47.6 Å². The molecule has 4 rings (SSSR count). The van der Waals surface area contributed by atoms with Gasteiger partial charge in [0, 0.05) is 24.5 Å². The van der Waals surface area contributed by atoms with Gasteiger partial charge in [0.05, 0.1) is 23.0 Å². The van der Waals surface area contributed by atoms with Crippen molar-refractivity contribution in [2.24, 2.45) is 0 Å². The van der Waals surface area contributed by atoms with Gasteiger partial charge in [0.1, 0.15) is 32.9 Å². The molecule has 232 valence electrons. The van der Waals surface area contributed by atoms with Crippen LogP contribution in [0.25, 0.3) is 12.2 Å². The van der Waals surface area contributed by atoms with Crippen LogP contribution in [0.3, 0.4) is 0 Å². The van der Waals surface area contributed by atoms with Crippen LogP contribution in [0.4, 0.5) is 35.2 Å². The molecular weight excluding hydrogens is 666 g/mol. The van der Waals surface area contributed by atoms with Crippen LogP contribution in [0.1, 0.15) is 11.1 Å². The molecular formula is C24H24N10Na2O8S2. The number of aliphatic hydroxyl groups is 2. The monoisotopic (exact) mass is 690 g/mol. The average Bonchev–Trinajstić information content (AvgIpc) is 2.98. The van der Waals surface area contributed by atoms with E-state index in [2.05, 4.69) is 51.2 Å². The normalized spacial score (nSPS) is 11.3. The van der Waals surface area contributed by atoms with Crippen molar-refractivity contribution in [3.8, 4) is 0 Å². The van der Waals surface area contributed by atoms with Gasteiger partial charge >= 0.3 is 59.1 Å². The van der Waals surface area contributed by atoms with Gasteiger partial charge < -0.3 is 40.6 Å². The minimum atomic E-state index is -5.02. The van der Waals surface area contributed by atoms with Gasteiger partial charge in [-0.05, 0) is 35.4 Å². The van der Waals surface area contributed by atoms with Gasteiger partial charge in [-0.25, -0.2) is 36.8 Å². The maximum absolute atomic E-state index is 12.1. The third-order valence-corrected chi connectivity index (χ3v) is 7.24. The van der Waals surface area contributed by atoms with Gasteiger partial charge in [0.2, 0.25) is 23.8 Å². The first-order valence-corrected chi connectivity index (χ1v) is 15.3. The first-order chi connectivity index (χ1) is 21.0. The smallest absolute Gasteiger partial charge is 0.744 e. The molecule has 0 bridgehead atoms. The van der Waals surface area contributed by atoms with Crippen molar-refractivity contribution >= 4 is 67.6 Å². The van der Waals surface area contributed by atoms with Crippen LogP contribution in [0.2, 0.25) is 0 Å². The Morgan fingerprint density at radius 2 is 1.00 bits per heavy atom. The van der Waals surface area contributed by atoms with E-state index >= 15 is 0 Å². The maximum atomic E-state index is 12.1. The van der Waals surface area contributed by atoms with Crippen molar-refractivity contribution in [3.05, 3.63) is 60.2 Å². The fraction of sp³-hybridized carbons (Fsp3) is 0.167. The van der Waals surface area contributed by atoms with Crippen molar-refractivity contribution in [1.82, 2.24) is 29.9 Å². The zero-order chi connectivity index (χ0) is 31.7. The second kappa shape index (κ2) is 17.9. The Morgan fingerprint density at radius 3 is 1.35 bits per heavy atom. The quantitative estimate of drug-likeness (QED) is 0.0408. The zero-order valence-electron chi connectivity index (χ0n) is 24.4. The van der Waals surface area contributed by atoms with E-state index in [1.807, 2.05) is 0 Å². The summed E-state index contributed by atoms with van der Waals surface area (Å²) in [5.41, 5.74) is 0.108. The summed E-state index contributed by atoms with van der Waals surface area (Å²) >= 11 is 0. The molecule has 0 aliphatic heterocycles. The molecule has 0 aliphatic rings. The van der Waals surface area contributed by atoms with Crippen LogP contribution in [-0.2, 0) is 20.2 Å². The molecule has 22 heteroatoms. The number of hydrogen-bond donors (Lipinski definition) is 6. The van der Waals surface area contributed by atoms with Gasteiger partial charge in [0.15, 0.2) is 0 Å². The fourth-order valence-corrected chi connectivity index (χ4v) is 4.98. The standard InChI is InChI=1S/C24H26N10O8S2.2Na/c35-9-7-25-21-27-13-29-23(33-21)31-17-5-3-15(19(11-17)43(37,38)39)1-2-16-4-6-18(12-20(16)44(40,41)42)32-24-30-14-28-22(34-24)26-8-10-36;;/h1-6,11-14,35-36H,7-10H2,(H,37,38,39)(H,40,41,42)(H2,25,27,29,31,33)(H2,26,28,30,32,34);;/q;2*+1/p-2/b2-1+;;. The SMILES string of the molecule is O=S(=O)([O-])c1cc(Nc2ncnc(NCCO)n2)ccc1/C=C/c1ccc(Nc2ncnc(NCCO)n2)cc1S(=O)(=O)[O-].[Na+].[Na+]. The van der Waals surface area contributed by atoms with Crippen LogP contribution in [0.5, 0.6) is 0 Å². The molecule has 0 saturated heterocycles. The summed E-state index contributed by atoms with van der Waals surface area (Å²) in [7, 11) is -10.0. The molecule has 2 heterocycles. The summed E-state index contributed by atoms with van der Waals surface area (Å²) in [5, 5.41) is 28.8. The Kier molecular flexibility index (Phi) is 15.3. The van der Waals surface area contributed by atoms with Crippen molar-refractivity contribution < 1.29 is 95.3 Å². The molecule has 0 spiro atoms. The van der Waals surface area contributed by atoms with Gasteiger partial charge in [-0.15, -0.1) is 0 Å². The predicted molar refractivity (Wildman–Crippen MR) is 155 cm³/mol. The first kappa shape index (κ1) is 39.3. The summed E-state index contributed by atoms with van der Waals surface area (Å²) in [6, 6.07) is 7.53. The molecule has 46 heavy (non-hydrogen) atoms. The molecule has 2 aromatic heterocycles. The summed E-state index contributed by atoms with van der Waals surface area (Å²) in [6.45, 7) is 0.0375. The van der Waals surface area contributed by atoms with Crippen LogP contribution in [0.15, 0.2) is 58.8 Å². The van der Waals surface area contributed by atoms with Gasteiger partial charge in [0.25, 0.3) is 0 Å². The molecule has 0 unspecified atom stereocenters. The van der Waals surface area contributed by atoms with E-state index in [4.69, 9.17) is 10.2 Å². The van der Waals surface area contributed by atoms with E-state index < -0.39 is 30.0 Å². The molecule has 0 fully saturated rings. The third kappa shape index (κ3) is 11.4. The molecule has 0 atom stereocenters. The first-order valence-electron chi connectivity index (χ1n) is 12.5. The molecule has 0 saturated carbocycles. The van der Waals surface area contributed by atoms with E-state index in [-0.39, 0.29) is 132 Å². The second-order valence-electron chi connectivity index (χ2n) is 8.56. The molecule has 4 aromatic rings. The molecule has 0 aliphatic carbocycles. The topological polar surface area (TPSA) is 280 Å². The van der Waals surface area contributed by atoms with Crippen molar-refractivity contribution in [3.63, 3.8) is 0 Å². The van der Waals surface area contributed by atoms with Crippen molar-refractivity contribution in [2.45, 2.75) is 9.79 Å². The molecule has 0 amide bonds. The van der Waals surface area contributed by atoms with E-state index in [0.717, 1.165) is 12.1 Å². The van der Waals surface area contributed by atoms with E-state index in [0.29, 0.717) is 0 Å². The fourth-order valence-electron chi connectivity index (χ4n) is 3.59. The second-order valence-corrected chi connectivity index (χ2v) is 11.3.